The molecule has 0 unspecified atom stereocenters. The molecule has 19 heavy (non-hydrogen) atoms. The predicted octanol–water partition coefficient (Wildman–Crippen LogP) is 3.32. The number of carbonyl (C=O) groups excluding carboxylic acids is 1. The molecule has 0 saturated carbocycles. The van der Waals surface area contributed by atoms with E-state index < -0.39 is 0 Å². The highest BCUT2D eigenvalue weighted by Crippen LogP contribution is 2.21. The van der Waals surface area contributed by atoms with Gasteiger partial charge in [0, 0.05) is 21.1 Å². The van der Waals surface area contributed by atoms with Crippen molar-refractivity contribution in [1.82, 2.24) is 4.90 Å². The van der Waals surface area contributed by atoms with Gasteiger partial charge in [0.1, 0.15) is 0 Å². The largest absolute Gasteiger partial charge is 0.337 e. The Kier molecular flexibility index (Phi) is 6.82. The van der Waals surface area contributed by atoms with Crippen LogP contribution in [-0.2, 0) is 0 Å². The molecule has 0 aliphatic carbocycles. The zero-order chi connectivity index (χ0) is 14.3. The molecule has 1 aromatic rings. The van der Waals surface area contributed by atoms with E-state index in [1.807, 2.05) is 24.3 Å². The summed E-state index contributed by atoms with van der Waals surface area (Å²) in [6, 6.07) is 9.54. The first-order chi connectivity index (χ1) is 9.10. The molecule has 0 aliphatic rings. The molecule has 98 valence electrons. The third kappa shape index (κ3) is 4.81. The molecule has 0 aromatic heterocycles. The van der Waals surface area contributed by atoms with E-state index in [1.54, 1.807) is 11.0 Å². The summed E-state index contributed by atoms with van der Waals surface area (Å²) in [6.07, 6.45) is 0.525. The van der Waals surface area contributed by atoms with Gasteiger partial charge in [-0.1, -0.05) is 0 Å². The van der Waals surface area contributed by atoms with Crippen LogP contribution in [-0.4, -0.2) is 23.9 Å². The fourth-order valence-electron chi connectivity index (χ4n) is 1.52. The van der Waals surface area contributed by atoms with Gasteiger partial charge in [-0.15, -0.1) is 0 Å². The summed E-state index contributed by atoms with van der Waals surface area (Å²) < 4.78 is 1.68. The summed E-state index contributed by atoms with van der Waals surface area (Å²) in [5.74, 6) is -0.157. The summed E-state index contributed by atoms with van der Waals surface area (Å²) in [7, 11) is 0. The van der Waals surface area contributed by atoms with Crippen molar-refractivity contribution in [2.45, 2.75) is 12.8 Å². The Labute approximate surface area is 134 Å². The fourth-order valence-corrected chi connectivity index (χ4v) is 2.42. The molecule has 0 fully saturated rings. The van der Waals surface area contributed by atoms with Crippen LogP contribution in [0.15, 0.2) is 22.7 Å². The van der Waals surface area contributed by atoms with Gasteiger partial charge in [-0.3, -0.25) is 4.79 Å². The van der Waals surface area contributed by atoms with Crippen molar-refractivity contribution in [3.05, 3.63) is 31.8 Å². The zero-order valence-electron chi connectivity index (χ0n) is 10.1. The highest BCUT2D eigenvalue weighted by atomic mass is 127. The average Bonchev–Trinajstić information content (AvgIpc) is 2.41. The van der Waals surface area contributed by atoms with E-state index in [9.17, 15) is 4.79 Å². The third-order valence-electron chi connectivity index (χ3n) is 2.43. The molecule has 6 heteroatoms. The second-order valence-corrected chi connectivity index (χ2v) is 5.83. The lowest BCUT2D eigenvalue weighted by atomic mass is 10.2. The van der Waals surface area contributed by atoms with Crippen LogP contribution in [0.4, 0.5) is 0 Å². The van der Waals surface area contributed by atoms with Crippen LogP contribution < -0.4 is 0 Å². The van der Waals surface area contributed by atoms with Crippen molar-refractivity contribution in [2.24, 2.45) is 0 Å². The van der Waals surface area contributed by atoms with Gasteiger partial charge in [-0.05, 0) is 56.7 Å². The number of nitriles is 2. The van der Waals surface area contributed by atoms with Crippen molar-refractivity contribution in [2.75, 3.05) is 13.1 Å². The molecule has 4 nitrogen and oxygen atoms in total. The van der Waals surface area contributed by atoms with Crippen molar-refractivity contribution < 1.29 is 4.79 Å². The van der Waals surface area contributed by atoms with Crippen molar-refractivity contribution in [1.29, 1.82) is 10.5 Å². The Balaban J connectivity index is 2.94. The first-order valence-corrected chi connectivity index (χ1v) is 7.45. The molecule has 0 N–H and O–H groups in total. The van der Waals surface area contributed by atoms with E-state index in [4.69, 9.17) is 10.5 Å². The number of rotatable bonds is 5. The number of hydrogen-bond donors (Lipinski definition) is 0. The average molecular weight is 432 g/mol. The fraction of sp³-hybridized carbons (Fsp3) is 0.308. The summed E-state index contributed by atoms with van der Waals surface area (Å²) >= 11 is 5.49. The van der Waals surface area contributed by atoms with Crippen LogP contribution >= 0.6 is 38.5 Å². The predicted molar refractivity (Wildman–Crippen MR) is 83.2 cm³/mol. The maximum absolute atomic E-state index is 12.4. The Bertz CT molecular complexity index is 530. The molecule has 1 amide bonds. The molecule has 0 spiro atoms. The highest BCUT2D eigenvalue weighted by molar-refractivity contribution is 14.1. The molecule has 0 radical (unpaired) electrons. The van der Waals surface area contributed by atoms with Gasteiger partial charge in [0.05, 0.1) is 30.5 Å². The topological polar surface area (TPSA) is 67.9 Å². The van der Waals surface area contributed by atoms with E-state index in [-0.39, 0.29) is 18.7 Å². The van der Waals surface area contributed by atoms with Crippen LogP contribution in [0.1, 0.15) is 23.2 Å². The molecule has 0 heterocycles. The second kappa shape index (κ2) is 8.13. The Morgan fingerprint density at radius 1 is 1.26 bits per heavy atom. The van der Waals surface area contributed by atoms with E-state index in [1.165, 1.54) is 0 Å². The van der Waals surface area contributed by atoms with Gasteiger partial charge in [0.2, 0.25) is 0 Å². The van der Waals surface area contributed by atoms with Crippen LogP contribution in [0.2, 0.25) is 0 Å². The molecular weight excluding hydrogens is 421 g/mol. The summed E-state index contributed by atoms with van der Waals surface area (Å²) in [5.41, 5.74) is 0.558. The summed E-state index contributed by atoms with van der Waals surface area (Å²) in [4.78, 5) is 13.9. The first kappa shape index (κ1) is 15.9. The molecule has 0 aliphatic heterocycles. The molecule has 0 saturated heterocycles. The van der Waals surface area contributed by atoms with Gasteiger partial charge >= 0.3 is 0 Å². The first-order valence-electron chi connectivity index (χ1n) is 5.58. The Morgan fingerprint density at radius 3 is 2.37 bits per heavy atom. The molecule has 0 bridgehead atoms. The Hall–Kier alpha value is -1.12. The molecule has 0 atom stereocenters. The highest BCUT2D eigenvalue weighted by Gasteiger charge is 2.18. The van der Waals surface area contributed by atoms with Gasteiger partial charge in [0.25, 0.3) is 5.91 Å². The van der Waals surface area contributed by atoms with E-state index in [2.05, 4.69) is 38.5 Å². The maximum atomic E-state index is 12.4. The SMILES string of the molecule is N#CCCN(CCC#N)C(=O)c1cc(I)ccc1Br. The number of carbonyl (C=O) groups is 1. The maximum Gasteiger partial charge on any atom is 0.255 e. The van der Waals surface area contributed by atoms with Crippen molar-refractivity contribution >= 4 is 44.4 Å². The van der Waals surface area contributed by atoms with Gasteiger partial charge < -0.3 is 4.90 Å². The quantitative estimate of drug-likeness (QED) is 0.671. The number of nitrogens with zero attached hydrogens (tertiary/aromatic N) is 3. The number of benzene rings is 1. The second-order valence-electron chi connectivity index (χ2n) is 3.73. The summed E-state index contributed by atoms with van der Waals surface area (Å²) in [6.45, 7) is 0.684. The number of hydrogen-bond acceptors (Lipinski definition) is 3. The minimum absolute atomic E-state index is 0.157. The molecule has 1 rings (SSSR count). The van der Waals surface area contributed by atoms with Crippen molar-refractivity contribution in [3.8, 4) is 12.1 Å². The summed E-state index contributed by atoms with van der Waals surface area (Å²) in [5, 5.41) is 17.3. The Morgan fingerprint density at radius 2 is 1.84 bits per heavy atom. The molecular formula is C13H11BrIN3O. The van der Waals surface area contributed by atoms with Crippen molar-refractivity contribution in [3.63, 3.8) is 0 Å². The normalized spacial score (nSPS) is 9.47. The van der Waals surface area contributed by atoms with E-state index in [0.717, 1.165) is 8.04 Å². The van der Waals surface area contributed by atoms with E-state index in [0.29, 0.717) is 18.7 Å². The zero-order valence-corrected chi connectivity index (χ0v) is 13.8. The smallest absolute Gasteiger partial charge is 0.255 e. The van der Waals surface area contributed by atoms with Gasteiger partial charge in [0.15, 0.2) is 0 Å². The minimum Gasteiger partial charge on any atom is -0.337 e. The van der Waals surface area contributed by atoms with Crippen LogP contribution in [0, 0.1) is 26.2 Å². The third-order valence-corrected chi connectivity index (χ3v) is 3.80. The molecule has 1 aromatic carbocycles. The van der Waals surface area contributed by atoms with Gasteiger partial charge in [-0.2, -0.15) is 10.5 Å². The van der Waals surface area contributed by atoms with Crippen LogP contribution in [0.25, 0.3) is 0 Å². The lowest BCUT2D eigenvalue weighted by molar-refractivity contribution is 0.0761. The van der Waals surface area contributed by atoms with E-state index >= 15 is 0 Å². The van der Waals surface area contributed by atoms with Crippen LogP contribution in [0.5, 0.6) is 0 Å². The monoisotopic (exact) mass is 431 g/mol. The minimum atomic E-state index is -0.157. The number of amides is 1. The standard InChI is InChI=1S/C13H11BrIN3O/c14-12-4-3-10(15)9-11(12)13(19)18(7-1-5-16)8-2-6-17/h3-4,9H,1-2,7-8H2. The lowest BCUT2D eigenvalue weighted by Gasteiger charge is -2.21. The van der Waals surface area contributed by atoms with Gasteiger partial charge in [-0.25, -0.2) is 0 Å². The van der Waals surface area contributed by atoms with Crippen LogP contribution in [0.3, 0.4) is 0 Å². The number of halogens is 2. The lowest BCUT2D eigenvalue weighted by Crippen LogP contribution is -2.33.